The zero-order valence-corrected chi connectivity index (χ0v) is 16.6. The maximum absolute atomic E-state index is 12.8. The molecule has 0 spiro atoms. The Morgan fingerprint density at radius 1 is 1.07 bits per heavy atom. The highest BCUT2D eigenvalue weighted by Crippen LogP contribution is 2.24. The lowest BCUT2D eigenvalue weighted by atomic mass is 9.97. The molecule has 2 atom stereocenters. The van der Waals surface area contributed by atoms with E-state index < -0.39 is 6.10 Å². The van der Waals surface area contributed by atoms with Crippen LogP contribution in [-0.2, 0) is 0 Å². The van der Waals surface area contributed by atoms with Gasteiger partial charge < -0.3 is 15.7 Å². The minimum atomic E-state index is -0.483. The van der Waals surface area contributed by atoms with Gasteiger partial charge in [-0.05, 0) is 24.3 Å². The summed E-state index contributed by atoms with van der Waals surface area (Å²) in [5, 5.41) is 16.3. The van der Waals surface area contributed by atoms with Gasteiger partial charge in [-0.1, -0.05) is 41.4 Å². The third-order valence-corrected chi connectivity index (χ3v) is 5.17. The molecule has 0 saturated carbocycles. The van der Waals surface area contributed by atoms with Gasteiger partial charge in [0.2, 0.25) is 0 Å². The minimum Gasteiger partial charge on any atom is -0.391 e. The van der Waals surface area contributed by atoms with Crippen molar-refractivity contribution in [2.75, 3.05) is 19.6 Å². The average molecular weight is 430 g/mol. The second-order valence-corrected chi connectivity index (χ2v) is 7.01. The largest absolute Gasteiger partial charge is 0.391 e. The molecule has 3 N–H and O–H groups in total. The van der Waals surface area contributed by atoms with Crippen LogP contribution in [0.15, 0.2) is 42.5 Å². The van der Waals surface area contributed by atoms with Gasteiger partial charge in [-0.25, -0.2) is 0 Å². The summed E-state index contributed by atoms with van der Waals surface area (Å²) in [7, 11) is 0. The number of aliphatic hydroxyl groups excluding tert-OH is 1. The van der Waals surface area contributed by atoms with Crippen molar-refractivity contribution < 1.29 is 14.7 Å². The lowest BCUT2D eigenvalue weighted by Gasteiger charge is -2.15. The molecular weight excluding hydrogens is 411 g/mol. The minimum absolute atomic E-state index is 0. The summed E-state index contributed by atoms with van der Waals surface area (Å²) in [5.41, 5.74) is 0.924. The van der Waals surface area contributed by atoms with Crippen molar-refractivity contribution in [3.8, 4) is 0 Å². The zero-order chi connectivity index (χ0) is 18.7. The Bertz CT molecular complexity index is 845. The Balaban J connectivity index is 0.00000261. The molecule has 1 amide bonds. The first-order chi connectivity index (χ1) is 12.5. The first-order valence-electron chi connectivity index (χ1n) is 8.23. The van der Waals surface area contributed by atoms with Gasteiger partial charge in [-0.2, -0.15) is 0 Å². The van der Waals surface area contributed by atoms with Gasteiger partial charge in [0.25, 0.3) is 5.91 Å². The van der Waals surface area contributed by atoms with Crippen LogP contribution >= 0.6 is 35.6 Å². The van der Waals surface area contributed by atoms with Gasteiger partial charge in [-0.3, -0.25) is 9.59 Å². The van der Waals surface area contributed by atoms with Crippen molar-refractivity contribution >= 4 is 47.3 Å². The number of carbonyl (C=O) groups excluding carboxylic acids is 2. The Morgan fingerprint density at radius 3 is 2.41 bits per heavy atom. The number of hydrogen-bond acceptors (Lipinski definition) is 4. The van der Waals surface area contributed by atoms with Gasteiger partial charge >= 0.3 is 0 Å². The van der Waals surface area contributed by atoms with Crippen LogP contribution in [0.25, 0.3) is 0 Å². The Kier molecular flexibility index (Phi) is 7.65. The van der Waals surface area contributed by atoms with Crippen molar-refractivity contribution in [3.63, 3.8) is 0 Å². The van der Waals surface area contributed by atoms with E-state index in [-0.39, 0.29) is 46.2 Å². The topological polar surface area (TPSA) is 78.4 Å². The summed E-state index contributed by atoms with van der Waals surface area (Å²) >= 11 is 11.9. The molecule has 144 valence electrons. The van der Waals surface area contributed by atoms with Gasteiger partial charge in [0.05, 0.1) is 21.7 Å². The highest BCUT2D eigenvalue weighted by Gasteiger charge is 2.26. The van der Waals surface area contributed by atoms with Crippen LogP contribution in [0.5, 0.6) is 0 Å². The van der Waals surface area contributed by atoms with E-state index in [1.54, 1.807) is 36.4 Å². The number of rotatable bonds is 5. The molecule has 1 saturated heterocycles. The molecule has 1 aliphatic heterocycles. The fourth-order valence-electron chi connectivity index (χ4n) is 2.92. The molecule has 0 aliphatic carbocycles. The molecular formula is C19H19Cl3N2O3. The monoisotopic (exact) mass is 428 g/mol. The van der Waals surface area contributed by atoms with E-state index in [9.17, 15) is 14.7 Å². The normalized spacial score (nSPS) is 18.6. The van der Waals surface area contributed by atoms with Crippen molar-refractivity contribution in [2.24, 2.45) is 5.92 Å². The lowest BCUT2D eigenvalue weighted by Crippen LogP contribution is -2.35. The predicted octanol–water partition coefficient (Wildman–Crippen LogP) is 2.96. The maximum atomic E-state index is 12.8. The van der Waals surface area contributed by atoms with E-state index >= 15 is 0 Å². The molecule has 1 heterocycles. The fraction of sp³-hybridized carbons (Fsp3) is 0.263. The SMILES string of the molecule is Cl.O=C(NCC1CNCC1O)c1ccccc1C(=O)c1ccc(Cl)c(Cl)c1. The van der Waals surface area contributed by atoms with Crippen LogP contribution < -0.4 is 10.6 Å². The van der Waals surface area contributed by atoms with Crippen molar-refractivity contribution in [1.29, 1.82) is 0 Å². The zero-order valence-electron chi connectivity index (χ0n) is 14.2. The standard InChI is InChI=1S/C19H18Cl2N2O3.ClH/c20-15-6-5-11(7-16(15)21)18(25)13-3-1-2-4-14(13)19(26)23-9-12-8-22-10-17(12)24;/h1-7,12,17,22,24H,8-10H2,(H,23,26);1H. The van der Waals surface area contributed by atoms with Crippen LogP contribution in [0.1, 0.15) is 26.3 Å². The first-order valence-corrected chi connectivity index (χ1v) is 8.98. The number of carbonyl (C=O) groups is 2. The van der Waals surface area contributed by atoms with Crippen molar-refractivity contribution in [2.45, 2.75) is 6.10 Å². The summed E-state index contributed by atoms with van der Waals surface area (Å²) in [6.07, 6.45) is -0.483. The van der Waals surface area contributed by atoms with Crippen LogP contribution in [0.3, 0.4) is 0 Å². The number of hydrogen-bond donors (Lipinski definition) is 3. The average Bonchev–Trinajstić information content (AvgIpc) is 3.06. The molecule has 2 aromatic carbocycles. The van der Waals surface area contributed by atoms with Gasteiger partial charge in [0.15, 0.2) is 5.78 Å². The van der Waals surface area contributed by atoms with Crippen LogP contribution in [0, 0.1) is 5.92 Å². The number of amides is 1. The number of β-amino-alcohol motifs (C(OH)–C–C–N with tert-alkyl or cyclic N) is 1. The number of aliphatic hydroxyl groups is 1. The highest BCUT2D eigenvalue weighted by molar-refractivity contribution is 6.42. The Labute approximate surface area is 173 Å². The van der Waals surface area contributed by atoms with E-state index in [1.807, 2.05) is 0 Å². The highest BCUT2D eigenvalue weighted by atomic mass is 35.5. The van der Waals surface area contributed by atoms with Gasteiger partial charge in [0, 0.05) is 36.7 Å². The van der Waals surface area contributed by atoms with Crippen LogP contribution in [0.2, 0.25) is 10.0 Å². The molecule has 2 unspecified atom stereocenters. The third-order valence-electron chi connectivity index (χ3n) is 4.43. The second-order valence-electron chi connectivity index (χ2n) is 6.20. The van der Waals surface area contributed by atoms with Gasteiger partial charge in [0.1, 0.15) is 0 Å². The summed E-state index contributed by atoms with van der Waals surface area (Å²) in [6.45, 7) is 1.50. The Morgan fingerprint density at radius 2 is 1.78 bits per heavy atom. The molecule has 1 aliphatic rings. The molecule has 0 bridgehead atoms. The first kappa shape index (κ1) is 21.7. The summed E-state index contributed by atoms with van der Waals surface area (Å²) in [6, 6.07) is 11.2. The smallest absolute Gasteiger partial charge is 0.252 e. The van der Waals surface area contributed by atoms with Crippen molar-refractivity contribution in [3.05, 3.63) is 69.2 Å². The molecule has 2 aromatic rings. The molecule has 5 nitrogen and oxygen atoms in total. The molecule has 1 fully saturated rings. The predicted molar refractivity (Wildman–Crippen MR) is 108 cm³/mol. The molecule has 3 rings (SSSR count). The lowest BCUT2D eigenvalue weighted by molar-refractivity contribution is 0.0917. The number of nitrogens with one attached hydrogen (secondary N) is 2. The quantitative estimate of drug-likeness (QED) is 0.639. The van der Waals surface area contributed by atoms with Crippen LogP contribution in [0.4, 0.5) is 0 Å². The summed E-state index contributed by atoms with van der Waals surface area (Å²) in [4.78, 5) is 25.4. The van der Waals surface area contributed by atoms with E-state index in [0.717, 1.165) is 0 Å². The fourth-order valence-corrected chi connectivity index (χ4v) is 3.22. The maximum Gasteiger partial charge on any atom is 0.252 e. The van der Waals surface area contributed by atoms with E-state index in [0.29, 0.717) is 30.2 Å². The second kappa shape index (κ2) is 9.53. The molecule has 8 heteroatoms. The van der Waals surface area contributed by atoms with E-state index in [4.69, 9.17) is 23.2 Å². The van der Waals surface area contributed by atoms with Gasteiger partial charge in [-0.15, -0.1) is 12.4 Å². The Hall–Kier alpha value is -1.63. The number of benzene rings is 2. The van der Waals surface area contributed by atoms with E-state index in [1.165, 1.54) is 6.07 Å². The number of ketones is 1. The summed E-state index contributed by atoms with van der Waals surface area (Å²) in [5.74, 6) is -0.707. The number of halogens is 3. The third kappa shape index (κ3) is 5.00. The van der Waals surface area contributed by atoms with Crippen LogP contribution in [-0.4, -0.2) is 42.5 Å². The molecule has 27 heavy (non-hydrogen) atoms. The summed E-state index contributed by atoms with van der Waals surface area (Å²) < 4.78 is 0. The molecule has 0 aromatic heterocycles. The van der Waals surface area contributed by atoms with E-state index in [2.05, 4.69) is 10.6 Å². The molecule has 0 radical (unpaired) electrons. The van der Waals surface area contributed by atoms with Crippen molar-refractivity contribution in [1.82, 2.24) is 10.6 Å².